The molecule has 3 nitrogen and oxygen atoms in total. The Morgan fingerprint density at radius 1 is 1.10 bits per heavy atom. The summed E-state index contributed by atoms with van der Waals surface area (Å²) in [5, 5.41) is 2.27. The van der Waals surface area contributed by atoms with Crippen molar-refractivity contribution >= 4 is 17.3 Å². The summed E-state index contributed by atoms with van der Waals surface area (Å²) >= 11 is 0. The number of carbonyl (C=O) groups excluding carboxylic acids is 1. The third-order valence-electron chi connectivity index (χ3n) is 3.02. The van der Waals surface area contributed by atoms with E-state index < -0.39 is 23.2 Å². The van der Waals surface area contributed by atoms with Gasteiger partial charge in [-0.1, -0.05) is 6.07 Å². The van der Waals surface area contributed by atoms with E-state index in [-0.39, 0.29) is 5.56 Å². The van der Waals surface area contributed by atoms with Gasteiger partial charge in [0.15, 0.2) is 5.82 Å². The van der Waals surface area contributed by atoms with Crippen LogP contribution in [0.2, 0.25) is 0 Å². The Hall–Kier alpha value is -2.43. The molecule has 0 unspecified atom stereocenters. The van der Waals surface area contributed by atoms with Crippen LogP contribution in [0.3, 0.4) is 0 Å². The highest BCUT2D eigenvalue weighted by molar-refractivity contribution is 6.05. The molecule has 0 saturated heterocycles. The van der Waals surface area contributed by atoms with E-state index in [9.17, 15) is 13.6 Å². The Labute approximate surface area is 115 Å². The zero-order valence-electron chi connectivity index (χ0n) is 11.1. The van der Waals surface area contributed by atoms with Crippen molar-refractivity contribution in [3.63, 3.8) is 0 Å². The van der Waals surface area contributed by atoms with Crippen LogP contribution in [-0.2, 0) is 0 Å². The average molecular weight is 276 g/mol. The van der Waals surface area contributed by atoms with E-state index in [1.54, 1.807) is 19.1 Å². The Bertz CT molecular complexity index is 684. The number of carbonyl (C=O) groups is 1. The maximum Gasteiger partial charge on any atom is 0.256 e. The minimum Gasteiger partial charge on any atom is -0.399 e. The average Bonchev–Trinajstić information content (AvgIpc) is 2.39. The first kappa shape index (κ1) is 14.0. The molecule has 0 radical (unpaired) electrons. The van der Waals surface area contributed by atoms with E-state index in [1.807, 2.05) is 0 Å². The lowest BCUT2D eigenvalue weighted by Crippen LogP contribution is -2.16. The van der Waals surface area contributed by atoms with Gasteiger partial charge in [-0.3, -0.25) is 4.79 Å². The highest BCUT2D eigenvalue weighted by atomic mass is 19.1. The molecule has 0 aromatic heterocycles. The molecular formula is C15H14F2N2O. The van der Waals surface area contributed by atoms with E-state index in [0.29, 0.717) is 16.8 Å². The maximum absolute atomic E-state index is 13.8. The zero-order chi connectivity index (χ0) is 14.9. The van der Waals surface area contributed by atoms with E-state index in [0.717, 1.165) is 6.07 Å². The van der Waals surface area contributed by atoms with E-state index in [2.05, 4.69) is 5.32 Å². The lowest BCUT2D eigenvalue weighted by Gasteiger charge is -2.11. The zero-order valence-corrected chi connectivity index (χ0v) is 11.1. The van der Waals surface area contributed by atoms with Gasteiger partial charge < -0.3 is 11.1 Å². The lowest BCUT2D eigenvalue weighted by atomic mass is 10.1. The molecule has 2 aromatic rings. The van der Waals surface area contributed by atoms with Crippen LogP contribution in [0, 0.1) is 25.5 Å². The number of hydrogen-bond donors (Lipinski definition) is 2. The molecule has 0 saturated carbocycles. The predicted octanol–water partition coefficient (Wildman–Crippen LogP) is 3.42. The van der Waals surface area contributed by atoms with E-state index in [1.165, 1.54) is 19.1 Å². The Morgan fingerprint density at radius 2 is 1.80 bits per heavy atom. The van der Waals surface area contributed by atoms with Crippen LogP contribution in [0.5, 0.6) is 0 Å². The van der Waals surface area contributed by atoms with Crippen molar-refractivity contribution < 1.29 is 13.6 Å². The van der Waals surface area contributed by atoms with Crippen LogP contribution in [0.4, 0.5) is 20.2 Å². The molecular weight excluding hydrogens is 262 g/mol. The lowest BCUT2D eigenvalue weighted by molar-refractivity contribution is 0.102. The molecule has 3 N–H and O–H groups in total. The fourth-order valence-electron chi connectivity index (χ4n) is 1.89. The second kappa shape index (κ2) is 5.28. The maximum atomic E-state index is 13.8. The first-order valence-electron chi connectivity index (χ1n) is 6.02. The van der Waals surface area contributed by atoms with Gasteiger partial charge in [0, 0.05) is 11.3 Å². The fraction of sp³-hybridized carbons (Fsp3) is 0.133. The van der Waals surface area contributed by atoms with E-state index in [4.69, 9.17) is 5.73 Å². The summed E-state index contributed by atoms with van der Waals surface area (Å²) in [6.07, 6.45) is 0. The Kier molecular flexibility index (Phi) is 3.70. The molecule has 0 atom stereocenters. The number of benzene rings is 2. The molecule has 0 aliphatic rings. The number of nitrogen functional groups attached to an aromatic ring is 1. The molecule has 0 aliphatic carbocycles. The molecule has 0 fully saturated rings. The van der Waals surface area contributed by atoms with Gasteiger partial charge in [0.1, 0.15) is 11.5 Å². The molecule has 0 bridgehead atoms. The van der Waals surface area contributed by atoms with Crippen LogP contribution >= 0.6 is 0 Å². The summed E-state index contributed by atoms with van der Waals surface area (Å²) in [5.74, 6) is -2.16. The second-order valence-electron chi connectivity index (χ2n) is 4.58. The van der Waals surface area contributed by atoms with Crippen LogP contribution in [0.25, 0.3) is 0 Å². The number of rotatable bonds is 2. The van der Waals surface area contributed by atoms with Gasteiger partial charge in [0.2, 0.25) is 0 Å². The summed E-state index contributed by atoms with van der Waals surface area (Å²) in [4.78, 5) is 12.1. The number of hydrogen-bond acceptors (Lipinski definition) is 2. The second-order valence-corrected chi connectivity index (χ2v) is 4.58. The largest absolute Gasteiger partial charge is 0.399 e. The summed E-state index contributed by atoms with van der Waals surface area (Å²) in [6, 6.07) is 7.13. The summed E-state index contributed by atoms with van der Waals surface area (Å²) in [6.45, 7) is 3.20. The number of nitrogens with one attached hydrogen (secondary N) is 1. The summed E-state index contributed by atoms with van der Waals surface area (Å²) in [5.41, 5.74) is 6.89. The van der Waals surface area contributed by atoms with Crippen molar-refractivity contribution in [3.05, 3.63) is 58.7 Å². The van der Waals surface area contributed by atoms with Crippen molar-refractivity contribution in [1.29, 1.82) is 0 Å². The molecule has 0 aliphatic heterocycles. The topological polar surface area (TPSA) is 55.1 Å². The monoisotopic (exact) mass is 276 g/mol. The van der Waals surface area contributed by atoms with Gasteiger partial charge in [-0.2, -0.15) is 0 Å². The highest BCUT2D eigenvalue weighted by Gasteiger charge is 2.16. The predicted molar refractivity (Wildman–Crippen MR) is 74.6 cm³/mol. The van der Waals surface area contributed by atoms with Gasteiger partial charge in [-0.25, -0.2) is 8.78 Å². The number of halogens is 2. The number of anilines is 2. The quantitative estimate of drug-likeness (QED) is 0.826. The molecule has 1 amide bonds. The van der Waals surface area contributed by atoms with Crippen LogP contribution in [-0.4, -0.2) is 5.91 Å². The van der Waals surface area contributed by atoms with Gasteiger partial charge in [0.25, 0.3) is 5.91 Å². The number of amides is 1. The normalized spacial score (nSPS) is 10.4. The van der Waals surface area contributed by atoms with Crippen LogP contribution < -0.4 is 11.1 Å². The van der Waals surface area contributed by atoms with Crippen molar-refractivity contribution in [1.82, 2.24) is 0 Å². The summed E-state index contributed by atoms with van der Waals surface area (Å²) in [7, 11) is 0. The third kappa shape index (κ3) is 2.61. The fourth-order valence-corrected chi connectivity index (χ4v) is 1.89. The van der Waals surface area contributed by atoms with Gasteiger partial charge in [-0.15, -0.1) is 0 Å². The van der Waals surface area contributed by atoms with Crippen molar-refractivity contribution in [3.8, 4) is 0 Å². The number of aryl methyl sites for hydroxylation is 2. The molecule has 2 rings (SSSR count). The van der Waals surface area contributed by atoms with Gasteiger partial charge >= 0.3 is 0 Å². The van der Waals surface area contributed by atoms with Crippen LogP contribution in [0.1, 0.15) is 21.5 Å². The van der Waals surface area contributed by atoms with Gasteiger partial charge in [-0.05, 0) is 49.2 Å². The first-order chi connectivity index (χ1) is 9.40. The minimum atomic E-state index is -0.811. The van der Waals surface area contributed by atoms with Crippen LogP contribution in [0.15, 0.2) is 30.3 Å². The highest BCUT2D eigenvalue weighted by Crippen LogP contribution is 2.23. The van der Waals surface area contributed by atoms with Crippen molar-refractivity contribution in [2.24, 2.45) is 0 Å². The molecule has 20 heavy (non-hydrogen) atoms. The van der Waals surface area contributed by atoms with Crippen molar-refractivity contribution in [2.75, 3.05) is 11.1 Å². The standard InChI is InChI=1S/C15H14F2N2O/c1-8-3-6-12(16)14(13(8)17)19-15(20)11-5-4-10(18)7-9(11)2/h3-7H,18H2,1-2H3,(H,19,20). The third-order valence-corrected chi connectivity index (χ3v) is 3.02. The van der Waals surface area contributed by atoms with Gasteiger partial charge in [0.05, 0.1) is 0 Å². The molecule has 2 aromatic carbocycles. The summed E-state index contributed by atoms with van der Waals surface area (Å²) < 4.78 is 27.4. The minimum absolute atomic E-state index is 0.260. The SMILES string of the molecule is Cc1cc(N)ccc1C(=O)Nc1c(F)ccc(C)c1F. The molecule has 5 heteroatoms. The smallest absolute Gasteiger partial charge is 0.256 e. The van der Waals surface area contributed by atoms with E-state index >= 15 is 0 Å². The Balaban J connectivity index is 2.35. The molecule has 0 heterocycles. The number of nitrogens with two attached hydrogens (primary N) is 1. The first-order valence-corrected chi connectivity index (χ1v) is 6.02. The molecule has 0 spiro atoms. The molecule has 104 valence electrons. The van der Waals surface area contributed by atoms with Crippen molar-refractivity contribution in [2.45, 2.75) is 13.8 Å². The Morgan fingerprint density at radius 3 is 2.45 bits per heavy atom.